The van der Waals surface area contributed by atoms with Crippen LogP contribution in [0.3, 0.4) is 0 Å². The minimum Gasteiger partial charge on any atom is -0.378 e. The molecule has 0 aliphatic carbocycles. The first kappa shape index (κ1) is 14.5. The molecule has 18 heavy (non-hydrogen) atoms. The van der Waals surface area contributed by atoms with E-state index in [1.54, 1.807) is 0 Å². The van der Waals surface area contributed by atoms with Crippen LogP contribution in [0.4, 0.5) is 0 Å². The first-order valence-electron chi connectivity index (χ1n) is 6.49. The van der Waals surface area contributed by atoms with Crippen molar-refractivity contribution in [3.05, 3.63) is 32.7 Å². The lowest BCUT2D eigenvalue weighted by atomic mass is 9.98. The van der Waals surface area contributed by atoms with E-state index in [0.29, 0.717) is 6.10 Å². The van der Waals surface area contributed by atoms with E-state index in [1.165, 1.54) is 24.8 Å². The summed E-state index contributed by atoms with van der Waals surface area (Å²) in [7, 11) is 0. The molecule has 1 fully saturated rings. The molecule has 0 aromatic heterocycles. The predicted octanol–water partition coefficient (Wildman–Crippen LogP) is 4.56. The van der Waals surface area contributed by atoms with Crippen molar-refractivity contribution in [2.24, 2.45) is 5.73 Å². The normalized spacial score (nSPS) is 21.8. The van der Waals surface area contributed by atoms with Gasteiger partial charge in [0.05, 0.1) is 6.10 Å². The molecular weight excluding hydrogens is 358 g/mol. The Morgan fingerprint density at radius 3 is 2.89 bits per heavy atom. The van der Waals surface area contributed by atoms with Crippen LogP contribution >= 0.6 is 31.9 Å². The molecule has 1 aromatic rings. The van der Waals surface area contributed by atoms with E-state index in [9.17, 15) is 0 Å². The fourth-order valence-electron chi connectivity index (χ4n) is 2.35. The molecule has 2 atom stereocenters. The number of nitrogens with two attached hydrogens (primary N) is 1. The predicted molar refractivity (Wildman–Crippen MR) is 81.6 cm³/mol. The first-order chi connectivity index (χ1) is 8.66. The number of rotatable bonds is 4. The second-order valence-corrected chi connectivity index (χ2v) is 6.61. The van der Waals surface area contributed by atoms with Gasteiger partial charge in [0, 0.05) is 21.6 Å². The zero-order chi connectivity index (χ0) is 13.0. The van der Waals surface area contributed by atoms with Gasteiger partial charge in [0.15, 0.2) is 0 Å². The van der Waals surface area contributed by atoms with Crippen LogP contribution in [0.2, 0.25) is 0 Å². The molecule has 2 rings (SSSR count). The number of hydrogen-bond donors (Lipinski definition) is 1. The van der Waals surface area contributed by atoms with E-state index in [-0.39, 0.29) is 6.04 Å². The number of halogens is 2. The third kappa shape index (κ3) is 4.05. The van der Waals surface area contributed by atoms with Crippen molar-refractivity contribution in [2.45, 2.75) is 44.2 Å². The SMILES string of the molecule is NC(CCC1CCCCO1)c1cc(Br)ccc1Br. The van der Waals surface area contributed by atoms with E-state index in [0.717, 1.165) is 28.4 Å². The largest absolute Gasteiger partial charge is 0.378 e. The van der Waals surface area contributed by atoms with Gasteiger partial charge in [-0.05, 0) is 55.9 Å². The van der Waals surface area contributed by atoms with Crippen molar-refractivity contribution in [2.75, 3.05) is 6.61 Å². The summed E-state index contributed by atoms with van der Waals surface area (Å²) in [5, 5.41) is 0. The molecule has 1 saturated heterocycles. The number of ether oxygens (including phenoxy) is 1. The smallest absolute Gasteiger partial charge is 0.0575 e. The van der Waals surface area contributed by atoms with Crippen LogP contribution in [0.5, 0.6) is 0 Å². The van der Waals surface area contributed by atoms with Gasteiger partial charge in [0.1, 0.15) is 0 Å². The van der Waals surface area contributed by atoms with E-state index < -0.39 is 0 Å². The first-order valence-corrected chi connectivity index (χ1v) is 8.07. The molecule has 0 saturated carbocycles. The zero-order valence-electron chi connectivity index (χ0n) is 10.4. The maximum Gasteiger partial charge on any atom is 0.0575 e. The van der Waals surface area contributed by atoms with Gasteiger partial charge in [-0.2, -0.15) is 0 Å². The highest BCUT2D eigenvalue weighted by atomic mass is 79.9. The van der Waals surface area contributed by atoms with Crippen molar-refractivity contribution in [1.29, 1.82) is 0 Å². The van der Waals surface area contributed by atoms with E-state index in [4.69, 9.17) is 10.5 Å². The van der Waals surface area contributed by atoms with Crippen molar-refractivity contribution >= 4 is 31.9 Å². The van der Waals surface area contributed by atoms with Crippen LogP contribution in [-0.2, 0) is 4.74 Å². The summed E-state index contributed by atoms with van der Waals surface area (Å²) in [6, 6.07) is 6.22. The average Bonchev–Trinajstić information content (AvgIpc) is 2.40. The van der Waals surface area contributed by atoms with Crippen LogP contribution in [0.15, 0.2) is 27.1 Å². The quantitative estimate of drug-likeness (QED) is 0.835. The highest BCUT2D eigenvalue weighted by Crippen LogP contribution is 2.29. The monoisotopic (exact) mass is 375 g/mol. The molecule has 0 spiro atoms. The molecule has 2 unspecified atom stereocenters. The van der Waals surface area contributed by atoms with Crippen molar-refractivity contribution in [3.8, 4) is 0 Å². The van der Waals surface area contributed by atoms with Gasteiger partial charge in [0.2, 0.25) is 0 Å². The lowest BCUT2D eigenvalue weighted by Crippen LogP contribution is -2.21. The third-order valence-electron chi connectivity index (χ3n) is 3.43. The number of benzene rings is 1. The Labute approximate surface area is 126 Å². The van der Waals surface area contributed by atoms with E-state index >= 15 is 0 Å². The average molecular weight is 377 g/mol. The van der Waals surface area contributed by atoms with E-state index in [2.05, 4.69) is 37.9 Å². The Bertz CT molecular complexity index is 391. The highest BCUT2D eigenvalue weighted by molar-refractivity contribution is 9.11. The van der Waals surface area contributed by atoms with Crippen molar-refractivity contribution < 1.29 is 4.74 Å². The lowest BCUT2D eigenvalue weighted by Gasteiger charge is -2.24. The van der Waals surface area contributed by atoms with Crippen molar-refractivity contribution in [1.82, 2.24) is 0 Å². The minimum atomic E-state index is 0.0717. The van der Waals surface area contributed by atoms with Crippen LogP contribution in [0, 0.1) is 0 Å². The molecule has 0 radical (unpaired) electrons. The minimum absolute atomic E-state index is 0.0717. The summed E-state index contributed by atoms with van der Waals surface area (Å²) in [5.41, 5.74) is 7.44. The summed E-state index contributed by atoms with van der Waals surface area (Å²) in [6.07, 6.45) is 6.13. The van der Waals surface area contributed by atoms with Gasteiger partial charge < -0.3 is 10.5 Å². The highest BCUT2D eigenvalue weighted by Gasteiger charge is 2.17. The Kier molecular flexibility index (Phi) is 5.67. The Balaban J connectivity index is 1.90. The summed E-state index contributed by atoms with van der Waals surface area (Å²) in [5.74, 6) is 0. The van der Waals surface area contributed by atoms with Gasteiger partial charge in [-0.3, -0.25) is 0 Å². The van der Waals surface area contributed by atoms with Crippen LogP contribution < -0.4 is 5.73 Å². The van der Waals surface area contributed by atoms with Gasteiger partial charge in [-0.25, -0.2) is 0 Å². The second kappa shape index (κ2) is 7.04. The Hall–Kier alpha value is 0.1000. The molecule has 1 heterocycles. The maximum absolute atomic E-state index is 6.28. The fraction of sp³-hybridized carbons (Fsp3) is 0.571. The second-order valence-electron chi connectivity index (χ2n) is 4.84. The molecule has 1 aliphatic rings. The third-order valence-corrected chi connectivity index (χ3v) is 4.65. The van der Waals surface area contributed by atoms with Crippen molar-refractivity contribution in [3.63, 3.8) is 0 Å². The van der Waals surface area contributed by atoms with E-state index in [1.807, 2.05) is 12.1 Å². The molecule has 0 bridgehead atoms. The lowest BCUT2D eigenvalue weighted by molar-refractivity contribution is 0.00911. The van der Waals surface area contributed by atoms with Crippen LogP contribution in [0.25, 0.3) is 0 Å². The summed E-state index contributed by atoms with van der Waals surface area (Å²) in [6.45, 7) is 0.917. The fourth-order valence-corrected chi connectivity index (χ4v) is 3.27. The Morgan fingerprint density at radius 2 is 2.17 bits per heavy atom. The summed E-state index contributed by atoms with van der Waals surface area (Å²) in [4.78, 5) is 0. The maximum atomic E-state index is 6.28. The molecule has 4 heteroatoms. The molecule has 100 valence electrons. The Morgan fingerprint density at radius 1 is 1.33 bits per heavy atom. The van der Waals surface area contributed by atoms with Crippen LogP contribution in [0.1, 0.15) is 43.7 Å². The topological polar surface area (TPSA) is 35.2 Å². The molecule has 2 N–H and O–H groups in total. The zero-order valence-corrected chi connectivity index (χ0v) is 13.5. The van der Waals surface area contributed by atoms with Gasteiger partial charge in [0.25, 0.3) is 0 Å². The summed E-state index contributed by atoms with van der Waals surface area (Å²) < 4.78 is 7.90. The molecule has 2 nitrogen and oxygen atoms in total. The number of hydrogen-bond acceptors (Lipinski definition) is 2. The van der Waals surface area contributed by atoms with Gasteiger partial charge in [-0.15, -0.1) is 0 Å². The van der Waals surface area contributed by atoms with Gasteiger partial charge in [-0.1, -0.05) is 31.9 Å². The van der Waals surface area contributed by atoms with Gasteiger partial charge >= 0.3 is 0 Å². The summed E-state index contributed by atoms with van der Waals surface area (Å²) >= 11 is 7.06. The molecule has 1 aromatic carbocycles. The molecular formula is C14H19Br2NO. The van der Waals surface area contributed by atoms with Crippen LogP contribution in [-0.4, -0.2) is 12.7 Å². The molecule has 1 aliphatic heterocycles. The molecule has 0 amide bonds. The standard InChI is InChI=1S/C14H19Br2NO/c15-10-4-6-13(16)12(9-10)14(17)7-5-11-3-1-2-8-18-11/h4,6,9,11,14H,1-3,5,7-8,17H2.